The molecule has 7 heteroatoms. The zero-order chi connectivity index (χ0) is 18.0. The number of rotatable bonds is 5. The first-order chi connectivity index (χ1) is 12.0. The Hall–Kier alpha value is -2.09. The molecule has 7 nitrogen and oxygen atoms in total. The van der Waals surface area contributed by atoms with E-state index in [4.69, 9.17) is 9.47 Å². The topological polar surface area (TPSA) is 95.0 Å². The third kappa shape index (κ3) is 3.63. The van der Waals surface area contributed by atoms with Crippen molar-refractivity contribution in [1.82, 2.24) is 9.88 Å². The molecular weight excluding hydrogens is 324 g/mol. The van der Waals surface area contributed by atoms with Gasteiger partial charge in [0.15, 0.2) is 0 Å². The number of carbonyl (C=O) groups is 1. The Kier molecular flexibility index (Phi) is 5.27. The number of benzene rings is 1. The number of ether oxygens (including phenoxy) is 2. The highest BCUT2D eigenvalue weighted by molar-refractivity contribution is 5.99. The van der Waals surface area contributed by atoms with E-state index in [2.05, 4.69) is 4.98 Å². The Morgan fingerprint density at radius 1 is 1.40 bits per heavy atom. The van der Waals surface area contributed by atoms with Crippen LogP contribution in [0.25, 0.3) is 10.9 Å². The fourth-order valence-electron chi connectivity index (χ4n) is 3.18. The van der Waals surface area contributed by atoms with Gasteiger partial charge in [0, 0.05) is 30.4 Å². The minimum Gasteiger partial charge on any atom is -0.493 e. The van der Waals surface area contributed by atoms with Crippen LogP contribution in [-0.4, -0.2) is 71.6 Å². The van der Waals surface area contributed by atoms with Crippen molar-refractivity contribution in [3.63, 3.8) is 0 Å². The van der Waals surface area contributed by atoms with Crippen LogP contribution in [0.1, 0.15) is 17.4 Å². The fraction of sp³-hybridized carbons (Fsp3) is 0.500. The Bertz CT molecular complexity index is 744. The second-order valence-electron chi connectivity index (χ2n) is 6.37. The van der Waals surface area contributed by atoms with Gasteiger partial charge in [0.2, 0.25) is 0 Å². The predicted octanol–water partition coefficient (Wildman–Crippen LogP) is 1.01. The highest BCUT2D eigenvalue weighted by atomic mass is 16.5. The molecule has 2 aromatic rings. The number of aliphatic hydroxyl groups is 2. The number of aromatic amines is 1. The van der Waals surface area contributed by atoms with Crippen LogP contribution in [0.2, 0.25) is 0 Å². The normalized spacial score (nSPS) is 23.6. The minimum atomic E-state index is -0.913. The Morgan fingerprint density at radius 2 is 2.20 bits per heavy atom. The van der Waals surface area contributed by atoms with Crippen molar-refractivity contribution in [2.75, 3.05) is 33.4 Å². The van der Waals surface area contributed by atoms with Crippen molar-refractivity contribution in [3.8, 4) is 5.75 Å². The van der Waals surface area contributed by atoms with Crippen molar-refractivity contribution >= 4 is 16.8 Å². The number of fused-ring (bicyclic) bond motifs is 1. The summed E-state index contributed by atoms with van der Waals surface area (Å²) < 4.78 is 10.9. The third-order valence-corrected chi connectivity index (χ3v) is 4.51. The standard InChI is InChI=1S/C18H24N2O5/c1-3-25-16-6-4-5-13-12(16)7-14(19-13)18(23)20(2)8-11-9-24-10-15(21)17(11)22/h4-7,11,15,17,19,21-22H,3,8-10H2,1-2H3/t11-,15-,17+/m1/s1. The zero-order valence-corrected chi connectivity index (χ0v) is 14.4. The third-order valence-electron chi connectivity index (χ3n) is 4.51. The van der Waals surface area contributed by atoms with Crippen LogP contribution >= 0.6 is 0 Å². The van der Waals surface area contributed by atoms with Crippen LogP contribution in [0.3, 0.4) is 0 Å². The van der Waals surface area contributed by atoms with Gasteiger partial charge in [-0.25, -0.2) is 0 Å². The van der Waals surface area contributed by atoms with E-state index < -0.39 is 12.2 Å². The van der Waals surface area contributed by atoms with Gasteiger partial charge in [-0.05, 0) is 25.1 Å². The Labute approximate surface area is 146 Å². The molecule has 3 rings (SSSR count). The molecule has 0 saturated carbocycles. The van der Waals surface area contributed by atoms with Gasteiger partial charge in [-0.2, -0.15) is 0 Å². The molecule has 25 heavy (non-hydrogen) atoms. The highest BCUT2D eigenvalue weighted by Crippen LogP contribution is 2.27. The average molecular weight is 348 g/mol. The number of hydrogen-bond donors (Lipinski definition) is 3. The summed E-state index contributed by atoms with van der Waals surface area (Å²) in [6.45, 7) is 3.20. The summed E-state index contributed by atoms with van der Waals surface area (Å²) in [7, 11) is 1.67. The lowest BCUT2D eigenvalue weighted by Gasteiger charge is -2.34. The van der Waals surface area contributed by atoms with Crippen LogP contribution in [0, 0.1) is 5.92 Å². The maximum absolute atomic E-state index is 12.7. The Balaban J connectivity index is 1.76. The summed E-state index contributed by atoms with van der Waals surface area (Å²) in [6, 6.07) is 7.42. The highest BCUT2D eigenvalue weighted by Gasteiger charge is 2.33. The van der Waals surface area contributed by atoms with E-state index in [-0.39, 0.29) is 18.4 Å². The summed E-state index contributed by atoms with van der Waals surface area (Å²) in [5.74, 6) is 0.226. The number of H-pyrrole nitrogens is 1. The van der Waals surface area contributed by atoms with E-state index in [1.807, 2.05) is 25.1 Å². The van der Waals surface area contributed by atoms with Crippen LogP contribution in [0.4, 0.5) is 0 Å². The quantitative estimate of drug-likeness (QED) is 0.749. The van der Waals surface area contributed by atoms with Crippen LogP contribution in [0.5, 0.6) is 5.75 Å². The molecule has 0 radical (unpaired) electrons. The van der Waals surface area contributed by atoms with Gasteiger partial charge in [-0.15, -0.1) is 0 Å². The monoisotopic (exact) mass is 348 g/mol. The van der Waals surface area contributed by atoms with E-state index in [0.29, 0.717) is 25.5 Å². The number of amides is 1. The van der Waals surface area contributed by atoms with E-state index in [1.165, 1.54) is 4.90 Å². The molecule has 136 valence electrons. The van der Waals surface area contributed by atoms with Crippen molar-refractivity contribution < 1.29 is 24.5 Å². The smallest absolute Gasteiger partial charge is 0.270 e. The zero-order valence-electron chi connectivity index (χ0n) is 14.4. The lowest BCUT2D eigenvalue weighted by molar-refractivity contribution is -0.123. The number of nitrogens with zero attached hydrogens (tertiary/aromatic N) is 1. The van der Waals surface area contributed by atoms with Gasteiger partial charge in [-0.1, -0.05) is 6.07 Å². The molecule has 1 amide bonds. The van der Waals surface area contributed by atoms with Crippen LogP contribution in [-0.2, 0) is 4.74 Å². The summed E-state index contributed by atoms with van der Waals surface area (Å²) in [5.41, 5.74) is 1.29. The molecule has 1 aliphatic heterocycles. The molecule has 1 aromatic carbocycles. The summed E-state index contributed by atoms with van der Waals surface area (Å²) >= 11 is 0. The molecule has 0 spiro atoms. The summed E-state index contributed by atoms with van der Waals surface area (Å²) in [4.78, 5) is 17.4. The lowest BCUT2D eigenvalue weighted by Crippen LogP contribution is -2.48. The number of nitrogens with one attached hydrogen (secondary N) is 1. The minimum absolute atomic E-state index is 0.123. The van der Waals surface area contributed by atoms with E-state index >= 15 is 0 Å². The molecule has 1 aliphatic rings. The molecule has 2 heterocycles. The van der Waals surface area contributed by atoms with Crippen LogP contribution in [0.15, 0.2) is 24.3 Å². The number of aliphatic hydroxyl groups excluding tert-OH is 2. The largest absolute Gasteiger partial charge is 0.493 e. The lowest BCUT2D eigenvalue weighted by atomic mass is 9.96. The van der Waals surface area contributed by atoms with Gasteiger partial charge < -0.3 is 29.6 Å². The first-order valence-electron chi connectivity index (χ1n) is 8.45. The second-order valence-corrected chi connectivity index (χ2v) is 6.37. The molecule has 0 unspecified atom stereocenters. The van der Waals surface area contributed by atoms with Crippen molar-refractivity contribution in [2.45, 2.75) is 19.1 Å². The molecule has 1 aromatic heterocycles. The molecular formula is C18H24N2O5. The predicted molar refractivity (Wildman–Crippen MR) is 92.8 cm³/mol. The summed E-state index contributed by atoms with van der Waals surface area (Å²) in [6.07, 6.45) is -1.81. The maximum atomic E-state index is 12.7. The van der Waals surface area contributed by atoms with Crippen molar-refractivity contribution in [1.29, 1.82) is 0 Å². The number of carbonyl (C=O) groups excluding carboxylic acids is 1. The molecule has 0 bridgehead atoms. The first-order valence-corrected chi connectivity index (χ1v) is 8.45. The van der Waals surface area contributed by atoms with E-state index in [9.17, 15) is 15.0 Å². The Morgan fingerprint density at radius 3 is 2.96 bits per heavy atom. The average Bonchev–Trinajstić information content (AvgIpc) is 3.03. The van der Waals surface area contributed by atoms with Gasteiger partial charge in [0.25, 0.3) is 5.91 Å². The first kappa shape index (κ1) is 17.7. The van der Waals surface area contributed by atoms with Gasteiger partial charge in [0.05, 0.1) is 25.9 Å². The molecule has 0 aliphatic carbocycles. The molecule has 1 fully saturated rings. The van der Waals surface area contributed by atoms with Gasteiger partial charge in [0.1, 0.15) is 17.5 Å². The summed E-state index contributed by atoms with van der Waals surface area (Å²) in [5, 5.41) is 20.6. The van der Waals surface area contributed by atoms with Crippen molar-refractivity contribution in [3.05, 3.63) is 30.0 Å². The molecule has 1 saturated heterocycles. The number of hydrogen-bond acceptors (Lipinski definition) is 5. The maximum Gasteiger partial charge on any atom is 0.270 e. The van der Waals surface area contributed by atoms with E-state index in [1.54, 1.807) is 13.1 Å². The number of aromatic nitrogens is 1. The van der Waals surface area contributed by atoms with Crippen molar-refractivity contribution in [2.24, 2.45) is 5.92 Å². The van der Waals surface area contributed by atoms with Gasteiger partial charge in [-0.3, -0.25) is 4.79 Å². The van der Waals surface area contributed by atoms with Gasteiger partial charge >= 0.3 is 0 Å². The fourth-order valence-corrected chi connectivity index (χ4v) is 3.18. The van der Waals surface area contributed by atoms with Crippen LogP contribution < -0.4 is 4.74 Å². The molecule has 3 N–H and O–H groups in total. The second kappa shape index (κ2) is 7.43. The SMILES string of the molecule is CCOc1cccc2[nH]c(C(=O)N(C)C[C@@H]3COC[C@@H](O)[C@H]3O)cc12. The molecule has 3 atom stereocenters. The van der Waals surface area contributed by atoms with E-state index in [0.717, 1.165) is 16.7 Å².